The number of rotatable bonds is 6. The first-order valence-corrected chi connectivity index (χ1v) is 7.49. The highest BCUT2D eigenvalue weighted by atomic mass is 35.5. The van der Waals surface area contributed by atoms with Crippen molar-refractivity contribution in [1.29, 1.82) is 0 Å². The van der Waals surface area contributed by atoms with Gasteiger partial charge in [-0.3, -0.25) is 4.79 Å². The van der Waals surface area contributed by atoms with E-state index < -0.39 is 18.5 Å². The van der Waals surface area contributed by atoms with Crippen LogP contribution in [0.1, 0.15) is 15.9 Å². The molecule has 2 rings (SSSR count). The van der Waals surface area contributed by atoms with Gasteiger partial charge in [-0.05, 0) is 35.9 Å². The molecule has 2 aromatic rings. The number of benzene rings is 2. The quantitative estimate of drug-likeness (QED) is 0.618. The van der Waals surface area contributed by atoms with Crippen LogP contribution in [-0.4, -0.2) is 25.6 Å². The molecule has 0 atom stereocenters. The minimum atomic E-state index is -0.677. The van der Waals surface area contributed by atoms with Gasteiger partial charge in [0.2, 0.25) is 0 Å². The Morgan fingerprint density at radius 3 is 2.50 bits per heavy atom. The number of nitrogens with two attached hydrogens (primary N) is 1. The second-order valence-electron chi connectivity index (χ2n) is 4.93. The molecule has 1 amide bonds. The fraction of sp³-hybridized carbons (Fsp3) is 0.176. The zero-order valence-electron chi connectivity index (χ0n) is 13.0. The van der Waals surface area contributed by atoms with Crippen molar-refractivity contribution in [2.45, 2.75) is 6.54 Å². The minimum absolute atomic E-state index is 0.169. The predicted molar refractivity (Wildman–Crippen MR) is 91.0 cm³/mol. The Morgan fingerprint density at radius 1 is 1.17 bits per heavy atom. The van der Waals surface area contributed by atoms with Gasteiger partial charge in [0.15, 0.2) is 6.61 Å². The lowest BCUT2D eigenvalue weighted by atomic mass is 10.2. The summed E-state index contributed by atoms with van der Waals surface area (Å²) in [4.78, 5) is 23.6. The lowest BCUT2D eigenvalue weighted by Crippen LogP contribution is -2.28. The van der Waals surface area contributed by atoms with Gasteiger partial charge in [-0.15, -0.1) is 0 Å². The van der Waals surface area contributed by atoms with Gasteiger partial charge in [0.05, 0.1) is 12.7 Å². The van der Waals surface area contributed by atoms with Gasteiger partial charge in [-0.25, -0.2) is 4.79 Å². The van der Waals surface area contributed by atoms with Crippen molar-refractivity contribution in [3.63, 3.8) is 0 Å². The van der Waals surface area contributed by atoms with Crippen LogP contribution in [0.15, 0.2) is 42.5 Å². The second-order valence-corrected chi connectivity index (χ2v) is 5.37. The molecule has 0 aromatic heterocycles. The molecule has 0 unspecified atom stereocenters. The topological polar surface area (TPSA) is 90.6 Å². The summed E-state index contributed by atoms with van der Waals surface area (Å²) in [6, 6.07) is 11.7. The summed E-state index contributed by atoms with van der Waals surface area (Å²) in [5.41, 5.74) is 6.96. The molecular formula is C17H17ClN2O4. The molecule has 0 saturated carbocycles. The number of amides is 1. The Morgan fingerprint density at radius 2 is 1.88 bits per heavy atom. The summed E-state index contributed by atoms with van der Waals surface area (Å²) in [5.74, 6) is -0.352. The molecule has 2 aromatic carbocycles. The van der Waals surface area contributed by atoms with E-state index in [1.54, 1.807) is 19.2 Å². The fourth-order valence-electron chi connectivity index (χ4n) is 1.92. The Bertz CT molecular complexity index is 732. The van der Waals surface area contributed by atoms with E-state index in [1.807, 2.05) is 12.1 Å². The maximum absolute atomic E-state index is 11.9. The molecular weight excluding hydrogens is 332 g/mol. The summed E-state index contributed by atoms with van der Waals surface area (Å²) in [7, 11) is 1.58. The summed E-state index contributed by atoms with van der Waals surface area (Å²) in [6.07, 6.45) is 0. The normalized spacial score (nSPS) is 10.1. The molecule has 0 radical (unpaired) electrons. The Labute approximate surface area is 144 Å². The van der Waals surface area contributed by atoms with Gasteiger partial charge in [0, 0.05) is 17.3 Å². The first-order valence-electron chi connectivity index (χ1n) is 7.11. The minimum Gasteiger partial charge on any atom is -0.497 e. The molecule has 0 heterocycles. The van der Waals surface area contributed by atoms with Crippen LogP contribution in [-0.2, 0) is 16.1 Å². The van der Waals surface area contributed by atoms with Gasteiger partial charge in [-0.1, -0.05) is 23.7 Å². The van der Waals surface area contributed by atoms with Gasteiger partial charge in [0.25, 0.3) is 5.91 Å². The van der Waals surface area contributed by atoms with E-state index in [2.05, 4.69) is 5.32 Å². The number of methoxy groups -OCH3 is 1. The Hall–Kier alpha value is -2.73. The van der Waals surface area contributed by atoms with Gasteiger partial charge in [0.1, 0.15) is 5.75 Å². The van der Waals surface area contributed by atoms with Crippen molar-refractivity contribution in [1.82, 2.24) is 5.32 Å². The molecule has 6 nitrogen and oxygen atoms in total. The van der Waals surface area contributed by atoms with E-state index in [0.29, 0.717) is 11.6 Å². The summed E-state index contributed by atoms with van der Waals surface area (Å²) in [5, 5.41) is 3.08. The number of ether oxygens (including phenoxy) is 2. The zero-order valence-corrected chi connectivity index (χ0v) is 13.8. The largest absolute Gasteiger partial charge is 0.497 e. The molecule has 0 bridgehead atoms. The number of esters is 1. The van der Waals surface area contributed by atoms with Crippen LogP contribution in [0.4, 0.5) is 5.69 Å². The molecule has 7 heteroatoms. The van der Waals surface area contributed by atoms with Crippen molar-refractivity contribution < 1.29 is 19.1 Å². The Kier molecular flexibility index (Phi) is 6.03. The molecule has 0 aliphatic rings. The van der Waals surface area contributed by atoms with E-state index in [9.17, 15) is 9.59 Å². The van der Waals surface area contributed by atoms with Crippen molar-refractivity contribution in [2.24, 2.45) is 0 Å². The molecule has 0 fully saturated rings. The summed E-state index contributed by atoms with van der Waals surface area (Å²) >= 11 is 5.76. The van der Waals surface area contributed by atoms with Crippen LogP contribution >= 0.6 is 11.6 Å². The smallest absolute Gasteiger partial charge is 0.340 e. The average Bonchev–Trinajstić information content (AvgIpc) is 2.58. The first-order chi connectivity index (χ1) is 11.5. The van der Waals surface area contributed by atoms with Gasteiger partial charge < -0.3 is 20.5 Å². The third kappa shape index (κ3) is 4.89. The van der Waals surface area contributed by atoms with Crippen molar-refractivity contribution in [3.05, 3.63) is 58.6 Å². The lowest BCUT2D eigenvalue weighted by Gasteiger charge is -2.08. The molecule has 0 aliphatic carbocycles. The van der Waals surface area contributed by atoms with Crippen molar-refractivity contribution in [3.8, 4) is 5.75 Å². The van der Waals surface area contributed by atoms with Crippen molar-refractivity contribution >= 4 is 29.2 Å². The number of hydrogen-bond donors (Lipinski definition) is 2. The predicted octanol–water partition coefficient (Wildman–Crippen LogP) is 2.40. The third-order valence-electron chi connectivity index (χ3n) is 3.22. The molecule has 0 aliphatic heterocycles. The summed E-state index contributed by atoms with van der Waals surface area (Å²) in [6.45, 7) is -0.0689. The second kappa shape index (κ2) is 8.21. The molecule has 126 valence electrons. The van der Waals surface area contributed by atoms with Crippen LogP contribution in [0, 0.1) is 0 Å². The number of anilines is 1. The van der Waals surface area contributed by atoms with E-state index in [1.165, 1.54) is 18.2 Å². The standard InChI is InChI=1S/C17H17ClN2O4/c1-23-13-5-2-11(3-6-13)9-20-16(21)10-24-17(22)14-7-4-12(18)8-15(14)19/h2-8H,9-10,19H2,1H3,(H,20,21). The molecule has 24 heavy (non-hydrogen) atoms. The van der Waals surface area contributed by atoms with Crippen LogP contribution in [0.25, 0.3) is 0 Å². The van der Waals surface area contributed by atoms with E-state index in [0.717, 1.165) is 11.3 Å². The fourth-order valence-corrected chi connectivity index (χ4v) is 2.10. The highest BCUT2D eigenvalue weighted by Gasteiger charge is 2.13. The van der Waals surface area contributed by atoms with Crippen LogP contribution in [0.2, 0.25) is 5.02 Å². The highest BCUT2D eigenvalue weighted by molar-refractivity contribution is 6.31. The SMILES string of the molecule is COc1ccc(CNC(=O)COC(=O)c2ccc(Cl)cc2N)cc1. The average molecular weight is 349 g/mol. The number of halogens is 1. The highest BCUT2D eigenvalue weighted by Crippen LogP contribution is 2.18. The lowest BCUT2D eigenvalue weighted by molar-refractivity contribution is -0.124. The van der Waals surface area contributed by atoms with E-state index in [-0.39, 0.29) is 11.3 Å². The number of nitrogen functional groups attached to an aromatic ring is 1. The first kappa shape index (κ1) is 17.6. The third-order valence-corrected chi connectivity index (χ3v) is 3.45. The molecule has 3 N–H and O–H groups in total. The maximum atomic E-state index is 11.9. The molecule has 0 spiro atoms. The van der Waals surface area contributed by atoms with E-state index >= 15 is 0 Å². The van der Waals surface area contributed by atoms with Crippen LogP contribution < -0.4 is 15.8 Å². The zero-order chi connectivity index (χ0) is 17.5. The maximum Gasteiger partial charge on any atom is 0.340 e. The van der Waals surface area contributed by atoms with Crippen molar-refractivity contribution in [2.75, 3.05) is 19.5 Å². The van der Waals surface area contributed by atoms with E-state index in [4.69, 9.17) is 26.8 Å². The summed E-state index contributed by atoms with van der Waals surface area (Å²) < 4.78 is 10.00. The molecule has 0 saturated heterocycles. The number of carbonyl (C=O) groups excluding carboxylic acids is 2. The van der Waals surface area contributed by atoms with Crippen LogP contribution in [0.5, 0.6) is 5.75 Å². The van der Waals surface area contributed by atoms with Gasteiger partial charge >= 0.3 is 5.97 Å². The van der Waals surface area contributed by atoms with Gasteiger partial charge in [-0.2, -0.15) is 0 Å². The van der Waals surface area contributed by atoms with Crippen LogP contribution in [0.3, 0.4) is 0 Å². The number of carbonyl (C=O) groups is 2. The monoisotopic (exact) mass is 348 g/mol. The Balaban J connectivity index is 1.80. The number of hydrogen-bond acceptors (Lipinski definition) is 5. The number of nitrogens with one attached hydrogen (secondary N) is 1.